The van der Waals surface area contributed by atoms with E-state index in [0.717, 1.165) is 16.4 Å². The number of nitro groups is 1. The third-order valence-electron chi connectivity index (χ3n) is 5.46. The molecule has 3 aromatic carbocycles. The predicted molar refractivity (Wildman–Crippen MR) is 132 cm³/mol. The van der Waals surface area contributed by atoms with E-state index in [-0.39, 0.29) is 5.69 Å². The van der Waals surface area contributed by atoms with Crippen molar-refractivity contribution in [2.45, 2.75) is 0 Å². The molecule has 34 heavy (non-hydrogen) atoms. The van der Waals surface area contributed by atoms with Gasteiger partial charge >= 0.3 is 5.63 Å². The largest absolute Gasteiger partial charge is 0.422 e. The molecular weight excluding hydrogens is 452 g/mol. The zero-order valence-corrected chi connectivity index (χ0v) is 18.2. The summed E-state index contributed by atoms with van der Waals surface area (Å²) in [6.07, 6.45) is 1.61. The van der Waals surface area contributed by atoms with Gasteiger partial charge in [0.1, 0.15) is 5.58 Å². The normalized spacial score (nSPS) is 11.8. The van der Waals surface area contributed by atoms with Crippen LogP contribution >= 0.6 is 11.3 Å². The van der Waals surface area contributed by atoms with E-state index in [1.165, 1.54) is 23.5 Å². The van der Waals surface area contributed by atoms with Gasteiger partial charge in [0.25, 0.3) is 5.69 Å². The van der Waals surface area contributed by atoms with Crippen molar-refractivity contribution in [1.82, 2.24) is 9.38 Å². The maximum Gasteiger partial charge on any atom is 0.345 e. The minimum absolute atomic E-state index is 0.0444. The quantitative estimate of drug-likeness (QED) is 0.138. The number of thiazole rings is 1. The zero-order chi connectivity index (χ0) is 23.2. The van der Waals surface area contributed by atoms with Gasteiger partial charge in [0, 0.05) is 23.7 Å². The molecule has 6 rings (SSSR count). The number of nitrogens with zero attached hydrogens (tertiary/aromatic N) is 4. The summed E-state index contributed by atoms with van der Waals surface area (Å²) in [4.78, 5) is 34.3. The Morgan fingerprint density at radius 3 is 2.74 bits per heavy atom. The minimum Gasteiger partial charge on any atom is -0.422 e. The summed E-state index contributed by atoms with van der Waals surface area (Å²) in [7, 11) is 0. The first-order chi connectivity index (χ1) is 16.6. The predicted octanol–water partition coefficient (Wildman–Crippen LogP) is 5.98. The average Bonchev–Trinajstić information content (AvgIpc) is 3.38. The molecule has 0 atom stereocenters. The second-order valence-corrected chi connectivity index (χ2v) is 8.56. The lowest BCUT2D eigenvalue weighted by molar-refractivity contribution is -0.384. The van der Waals surface area contributed by atoms with E-state index in [0.29, 0.717) is 32.4 Å². The number of rotatable bonds is 4. The highest BCUT2D eigenvalue weighted by Gasteiger charge is 2.21. The molecule has 0 aliphatic carbocycles. The number of aliphatic imine (C=N–C) groups is 1. The van der Waals surface area contributed by atoms with Crippen LogP contribution in [0, 0.1) is 10.1 Å². The van der Waals surface area contributed by atoms with Gasteiger partial charge in [-0.2, -0.15) is 0 Å². The molecule has 8 nitrogen and oxygen atoms in total. The summed E-state index contributed by atoms with van der Waals surface area (Å²) < 4.78 is 7.54. The minimum atomic E-state index is -0.471. The Balaban J connectivity index is 1.61. The molecule has 0 amide bonds. The highest BCUT2D eigenvalue weighted by atomic mass is 32.1. The first-order valence-electron chi connectivity index (χ1n) is 10.3. The van der Waals surface area contributed by atoms with Crippen molar-refractivity contribution < 1.29 is 9.34 Å². The van der Waals surface area contributed by atoms with Crippen LogP contribution in [-0.2, 0) is 0 Å². The molecule has 6 aromatic rings. The van der Waals surface area contributed by atoms with Crippen LogP contribution in [0.4, 0.5) is 11.4 Å². The van der Waals surface area contributed by atoms with Crippen molar-refractivity contribution in [2.75, 3.05) is 0 Å². The summed E-state index contributed by atoms with van der Waals surface area (Å²) in [5, 5.41) is 11.9. The number of hydrogen-bond acceptors (Lipinski definition) is 7. The highest BCUT2D eigenvalue weighted by molar-refractivity contribution is 7.19. The second-order valence-electron chi connectivity index (χ2n) is 7.55. The molecule has 3 aromatic heterocycles. The number of benzene rings is 3. The molecule has 0 radical (unpaired) electrons. The van der Waals surface area contributed by atoms with Crippen molar-refractivity contribution in [1.29, 1.82) is 0 Å². The van der Waals surface area contributed by atoms with Crippen LogP contribution in [0.15, 0.2) is 93.1 Å². The van der Waals surface area contributed by atoms with Crippen LogP contribution < -0.4 is 5.63 Å². The Hall–Kier alpha value is -4.63. The van der Waals surface area contributed by atoms with E-state index >= 15 is 0 Å². The third-order valence-corrected chi connectivity index (χ3v) is 6.43. The molecule has 164 valence electrons. The fourth-order valence-corrected chi connectivity index (χ4v) is 4.96. The maximum atomic E-state index is 13.1. The molecular formula is C25H14N4O4S. The van der Waals surface area contributed by atoms with Crippen LogP contribution in [0.2, 0.25) is 0 Å². The van der Waals surface area contributed by atoms with Crippen LogP contribution in [0.5, 0.6) is 0 Å². The van der Waals surface area contributed by atoms with Gasteiger partial charge in [-0.1, -0.05) is 47.7 Å². The summed E-state index contributed by atoms with van der Waals surface area (Å²) in [5.41, 5.74) is 3.08. The number of fused-ring (bicyclic) bond motifs is 4. The topological polar surface area (TPSA) is 103 Å². The van der Waals surface area contributed by atoms with E-state index in [1.54, 1.807) is 24.4 Å². The van der Waals surface area contributed by atoms with E-state index in [1.807, 2.05) is 52.9 Å². The fourth-order valence-electron chi connectivity index (χ4n) is 3.93. The lowest BCUT2D eigenvalue weighted by Gasteiger charge is -2.04. The first kappa shape index (κ1) is 20.0. The van der Waals surface area contributed by atoms with Gasteiger partial charge in [-0.3, -0.25) is 19.5 Å². The van der Waals surface area contributed by atoms with E-state index in [4.69, 9.17) is 9.40 Å². The molecule has 0 saturated carbocycles. The van der Waals surface area contributed by atoms with E-state index in [2.05, 4.69) is 4.99 Å². The zero-order valence-electron chi connectivity index (χ0n) is 17.4. The molecule has 0 unspecified atom stereocenters. The Bertz CT molecular complexity index is 1830. The Kier molecular flexibility index (Phi) is 4.56. The van der Waals surface area contributed by atoms with Crippen molar-refractivity contribution in [3.05, 3.63) is 104 Å². The maximum absolute atomic E-state index is 13.1. The van der Waals surface area contributed by atoms with Gasteiger partial charge in [-0.25, -0.2) is 9.78 Å². The molecule has 0 spiro atoms. The Morgan fingerprint density at radius 1 is 1.03 bits per heavy atom. The van der Waals surface area contributed by atoms with Crippen LogP contribution in [-0.4, -0.2) is 20.5 Å². The van der Waals surface area contributed by atoms with Crippen molar-refractivity contribution >= 4 is 55.9 Å². The number of para-hydroxylation sites is 3. The van der Waals surface area contributed by atoms with Crippen LogP contribution in [0.25, 0.3) is 38.2 Å². The van der Waals surface area contributed by atoms with Gasteiger partial charge in [0.2, 0.25) is 0 Å². The van der Waals surface area contributed by atoms with E-state index < -0.39 is 10.5 Å². The lowest BCUT2D eigenvalue weighted by Crippen LogP contribution is -2.05. The van der Waals surface area contributed by atoms with Gasteiger partial charge in [0.05, 0.1) is 37.8 Å². The van der Waals surface area contributed by atoms with Gasteiger partial charge in [-0.15, -0.1) is 0 Å². The Labute approximate surface area is 195 Å². The summed E-state index contributed by atoms with van der Waals surface area (Å²) in [5.74, 6) is 0. The molecule has 0 aliphatic rings. The number of non-ortho nitro benzene ring substituents is 1. The van der Waals surface area contributed by atoms with Crippen LogP contribution in [0.3, 0.4) is 0 Å². The molecule has 9 heteroatoms. The molecule has 0 saturated heterocycles. The molecule has 0 aliphatic heterocycles. The fraction of sp³-hybridized carbons (Fsp3) is 0. The summed E-state index contributed by atoms with van der Waals surface area (Å²) in [6.45, 7) is 0. The summed E-state index contributed by atoms with van der Waals surface area (Å²) in [6, 6.07) is 22.9. The van der Waals surface area contributed by atoms with E-state index in [9.17, 15) is 14.9 Å². The van der Waals surface area contributed by atoms with Crippen molar-refractivity contribution in [2.24, 2.45) is 4.99 Å². The third kappa shape index (κ3) is 3.26. The monoisotopic (exact) mass is 466 g/mol. The molecule has 0 bridgehead atoms. The molecule has 0 fully saturated rings. The first-order valence-corrected chi connectivity index (χ1v) is 11.1. The highest BCUT2D eigenvalue weighted by Crippen LogP contribution is 2.34. The second kappa shape index (κ2) is 7.75. The smallest absolute Gasteiger partial charge is 0.345 e. The molecule has 0 N–H and O–H groups in total. The van der Waals surface area contributed by atoms with Crippen molar-refractivity contribution in [3.8, 4) is 11.3 Å². The number of imidazole rings is 1. The average molecular weight is 466 g/mol. The summed E-state index contributed by atoms with van der Waals surface area (Å²) >= 11 is 1.38. The standard InChI is InChI=1S/C25H14N4O4S/c30-24-18(12-15-6-1-4-11-21(15)33-24)23-22(14-26-16-7-5-8-17(13-16)29(31)32)34-25-27-19-9-2-3-10-20(19)28(23)25/h1-14H. The molecule has 3 heterocycles. The lowest BCUT2D eigenvalue weighted by atomic mass is 10.1. The Morgan fingerprint density at radius 2 is 1.85 bits per heavy atom. The van der Waals surface area contributed by atoms with Gasteiger partial charge in [-0.05, 0) is 30.3 Å². The van der Waals surface area contributed by atoms with Gasteiger partial charge < -0.3 is 4.42 Å². The SMILES string of the molecule is O=c1oc2ccccc2cc1-c1c(C=Nc2cccc([N+](=O)[O-])c2)sc2nc3ccccc3n12. The number of hydrogen-bond donors (Lipinski definition) is 0. The van der Waals surface area contributed by atoms with Crippen LogP contribution in [0.1, 0.15) is 4.88 Å². The van der Waals surface area contributed by atoms with Crippen molar-refractivity contribution in [3.63, 3.8) is 0 Å². The van der Waals surface area contributed by atoms with Gasteiger partial charge in [0.15, 0.2) is 4.96 Å². The number of nitro benzene ring substituents is 1. The number of aromatic nitrogens is 2.